The molecule has 0 saturated heterocycles. The van der Waals surface area contributed by atoms with E-state index in [1.54, 1.807) is 12.4 Å². The van der Waals surface area contributed by atoms with Crippen molar-refractivity contribution in [2.75, 3.05) is 0 Å². The normalized spacial score (nSPS) is 12.3. The monoisotopic (exact) mass is 262 g/mol. The van der Waals surface area contributed by atoms with E-state index in [0.29, 0.717) is 23.9 Å². The number of nitrogens with zero attached hydrogens (tertiary/aromatic N) is 3. The summed E-state index contributed by atoms with van der Waals surface area (Å²) in [7, 11) is 0. The molecule has 0 aromatic carbocycles. The lowest BCUT2D eigenvalue weighted by Gasteiger charge is -2.12. The molecule has 0 saturated carbocycles. The van der Waals surface area contributed by atoms with E-state index in [0.717, 1.165) is 0 Å². The Hall–Kier alpha value is -2.44. The summed E-state index contributed by atoms with van der Waals surface area (Å²) in [4.78, 5) is 27.0. The standard InChI is InChI=1S/C12H14N4O3/c1-2-3-9(12(18)19)15-11(17)8-6-14-16-5-4-13-7-10(8)16/h4-7,9H,2-3H2,1H3,(H,15,17)(H,18,19). The van der Waals surface area contributed by atoms with E-state index in [2.05, 4.69) is 15.4 Å². The number of carboxylic acids is 1. The molecule has 1 amide bonds. The second kappa shape index (κ2) is 5.47. The molecule has 0 aliphatic heterocycles. The SMILES string of the molecule is CCCC(NC(=O)c1cnn2ccncc12)C(=O)O. The maximum absolute atomic E-state index is 12.1. The summed E-state index contributed by atoms with van der Waals surface area (Å²) in [6, 6.07) is -0.885. The van der Waals surface area contributed by atoms with Gasteiger partial charge in [-0.25, -0.2) is 9.31 Å². The Morgan fingerprint density at radius 3 is 2.95 bits per heavy atom. The molecule has 7 nitrogen and oxygen atoms in total. The highest BCUT2D eigenvalue weighted by Crippen LogP contribution is 2.09. The Morgan fingerprint density at radius 2 is 2.26 bits per heavy atom. The molecule has 0 bridgehead atoms. The van der Waals surface area contributed by atoms with Crippen molar-refractivity contribution in [2.24, 2.45) is 0 Å². The fraction of sp³-hybridized carbons (Fsp3) is 0.333. The summed E-state index contributed by atoms with van der Waals surface area (Å²) in [5, 5.41) is 15.5. The highest BCUT2D eigenvalue weighted by Gasteiger charge is 2.21. The van der Waals surface area contributed by atoms with Crippen molar-refractivity contribution < 1.29 is 14.7 Å². The van der Waals surface area contributed by atoms with Gasteiger partial charge in [0.15, 0.2) is 0 Å². The molecule has 7 heteroatoms. The molecule has 2 rings (SSSR count). The average Bonchev–Trinajstić information content (AvgIpc) is 2.81. The van der Waals surface area contributed by atoms with Crippen LogP contribution in [0.3, 0.4) is 0 Å². The molecule has 0 spiro atoms. The van der Waals surface area contributed by atoms with Crippen LogP contribution in [-0.4, -0.2) is 37.6 Å². The van der Waals surface area contributed by atoms with Gasteiger partial charge in [0, 0.05) is 12.4 Å². The number of hydrogen-bond donors (Lipinski definition) is 2. The number of carbonyl (C=O) groups excluding carboxylic acids is 1. The first-order chi connectivity index (χ1) is 9.13. The molecule has 100 valence electrons. The minimum absolute atomic E-state index is 0.315. The first-order valence-electron chi connectivity index (χ1n) is 5.94. The van der Waals surface area contributed by atoms with Gasteiger partial charge in [-0.1, -0.05) is 13.3 Å². The first kappa shape index (κ1) is 13.0. The summed E-state index contributed by atoms with van der Waals surface area (Å²) < 4.78 is 1.51. The van der Waals surface area contributed by atoms with Gasteiger partial charge in [-0.05, 0) is 6.42 Å². The third-order valence-electron chi connectivity index (χ3n) is 2.75. The second-order valence-electron chi connectivity index (χ2n) is 4.12. The van der Waals surface area contributed by atoms with E-state index in [9.17, 15) is 9.59 Å². The largest absolute Gasteiger partial charge is 0.480 e. The Bertz CT molecular complexity index is 608. The van der Waals surface area contributed by atoms with Crippen LogP contribution in [0.15, 0.2) is 24.8 Å². The van der Waals surface area contributed by atoms with Crippen LogP contribution >= 0.6 is 0 Å². The number of aliphatic carboxylic acids is 1. The zero-order valence-electron chi connectivity index (χ0n) is 10.4. The highest BCUT2D eigenvalue weighted by molar-refractivity contribution is 6.01. The van der Waals surface area contributed by atoms with Crippen molar-refractivity contribution in [3.8, 4) is 0 Å². The van der Waals surface area contributed by atoms with Crippen LogP contribution in [0, 0.1) is 0 Å². The van der Waals surface area contributed by atoms with E-state index in [1.165, 1.54) is 16.9 Å². The zero-order valence-corrected chi connectivity index (χ0v) is 10.4. The van der Waals surface area contributed by atoms with Crippen molar-refractivity contribution in [2.45, 2.75) is 25.8 Å². The lowest BCUT2D eigenvalue weighted by Crippen LogP contribution is -2.40. The van der Waals surface area contributed by atoms with Crippen LogP contribution < -0.4 is 5.32 Å². The van der Waals surface area contributed by atoms with Gasteiger partial charge in [0.1, 0.15) is 6.04 Å². The molecular formula is C12H14N4O3. The smallest absolute Gasteiger partial charge is 0.326 e. The zero-order chi connectivity index (χ0) is 13.8. The maximum atomic E-state index is 12.1. The van der Waals surface area contributed by atoms with Gasteiger partial charge in [-0.2, -0.15) is 5.10 Å². The second-order valence-corrected chi connectivity index (χ2v) is 4.12. The number of rotatable bonds is 5. The maximum Gasteiger partial charge on any atom is 0.326 e. The number of nitrogens with one attached hydrogen (secondary N) is 1. The minimum Gasteiger partial charge on any atom is -0.480 e. The molecule has 2 N–H and O–H groups in total. The van der Waals surface area contributed by atoms with Crippen LogP contribution in [0.5, 0.6) is 0 Å². The Balaban J connectivity index is 2.22. The molecule has 2 aromatic rings. The molecule has 0 fully saturated rings. The lowest BCUT2D eigenvalue weighted by atomic mass is 10.1. The average molecular weight is 262 g/mol. The number of carbonyl (C=O) groups is 2. The Morgan fingerprint density at radius 1 is 1.47 bits per heavy atom. The van der Waals surface area contributed by atoms with Crippen LogP contribution in [0.1, 0.15) is 30.1 Å². The van der Waals surface area contributed by atoms with Crippen molar-refractivity contribution in [1.29, 1.82) is 0 Å². The van der Waals surface area contributed by atoms with Crippen molar-refractivity contribution >= 4 is 17.4 Å². The molecule has 2 heterocycles. The first-order valence-corrected chi connectivity index (χ1v) is 5.94. The van der Waals surface area contributed by atoms with Crippen LogP contribution in [0.2, 0.25) is 0 Å². The number of amides is 1. The predicted molar refractivity (Wildman–Crippen MR) is 66.8 cm³/mol. The predicted octanol–water partition coefficient (Wildman–Crippen LogP) is 0.712. The number of aromatic nitrogens is 3. The number of hydrogen-bond acceptors (Lipinski definition) is 4. The Labute approximate surface area is 109 Å². The Kier molecular flexibility index (Phi) is 3.74. The van der Waals surface area contributed by atoms with Crippen LogP contribution in [-0.2, 0) is 4.79 Å². The molecule has 1 atom stereocenters. The van der Waals surface area contributed by atoms with Gasteiger partial charge in [0.2, 0.25) is 0 Å². The summed E-state index contributed by atoms with van der Waals surface area (Å²) in [5.74, 6) is -1.49. The van der Waals surface area contributed by atoms with Gasteiger partial charge in [0.05, 0.1) is 23.5 Å². The van der Waals surface area contributed by atoms with Gasteiger partial charge >= 0.3 is 5.97 Å². The van der Waals surface area contributed by atoms with E-state index in [4.69, 9.17) is 5.11 Å². The van der Waals surface area contributed by atoms with Gasteiger partial charge in [-0.15, -0.1) is 0 Å². The molecular weight excluding hydrogens is 248 g/mol. The molecule has 2 aromatic heterocycles. The third kappa shape index (κ3) is 2.70. The summed E-state index contributed by atoms with van der Waals surface area (Å²) in [6.07, 6.45) is 7.15. The summed E-state index contributed by atoms with van der Waals surface area (Å²) in [5.41, 5.74) is 0.857. The molecule has 19 heavy (non-hydrogen) atoms. The van der Waals surface area contributed by atoms with Crippen LogP contribution in [0.4, 0.5) is 0 Å². The topological polar surface area (TPSA) is 96.6 Å². The molecule has 0 aliphatic carbocycles. The van der Waals surface area contributed by atoms with E-state index in [-0.39, 0.29) is 0 Å². The third-order valence-corrected chi connectivity index (χ3v) is 2.75. The van der Waals surface area contributed by atoms with E-state index >= 15 is 0 Å². The van der Waals surface area contributed by atoms with Crippen molar-refractivity contribution in [3.05, 3.63) is 30.4 Å². The van der Waals surface area contributed by atoms with E-state index < -0.39 is 17.9 Å². The number of fused-ring (bicyclic) bond motifs is 1. The van der Waals surface area contributed by atoms with Gasteiger partial charge in [-0.3, -0.25) is 9.78 Å². The minimum atomic E-state index is -1.04. The van der Waals surface area contributed by atoms with Gasteiger partial charge < -0.3 is 10.4 Å². The quantitative estimate of drug-likeness (QED) is 0.827. The fourth-order valence-corrected chi connectivity index (χ4v) is 1.79. The summed E-state index contributed by atoms with van der Waals surface area (Å²) in [6.45, 7) is 1.86. The summed E-state index contributed by atoms with van der Waals surface area (Å²) >= 11 is 0. The fourth-order valence-electron chi connectivity index (χ4n) is 1.79. The lowest BCUT2D eigenvalue weighted by molar-refractivity contribution is -0.139. The van der Waals surface area contributed by atoms with Crippen molar-refractivity contribution in [3.63, 3.8) is 0 Å². The van der Waals surface area contributed by atoms with E-state index in [1.807, 2.05) is 6.92 Å². The molecule has 0 radical (unpaired) electrons. The van der Waals surface area contributed by atoms with Gasteiger partial charge in [0.25, 0.3) is 5.91 Å². The highest BCUT2D eigenvalue weighted by atomic mass is 16.4. The molecule has 0 aliphatic rings. The van der Waals surface area contributed by atoms with Crippen LogP contribution in [0.25, 0.3) is 5.52 Å². The number of carboxylic acid groups (broad SMARTS) is 1. The van der Waals surface area contributed by atoms with Crippen molar-refractivity contribution in [1.82, 2.24) is 19.9 Å². The molecule has 1 unspecified atom stereocenters.